The van der Waals surface area contributed by atoms with Gasteiger partial charge in [0.2, 0.25) is 0 Å². The van der Waals surface area contributed by atoms with Gasteiger partial charge in [-0.2, -0.15) is 0 Å². The number of hydrogen-bond donors (Lipinski definition) is 0. The molecule has 0 aliphatic heterocycles. The lowest BCUT2D eigenvalue weighted by molar-refractivity contribution is 0.624. The Labute approximate surface area is 122 Å². The minimum Gasteiger partial charge on any atom is -0.0654 e. The van der Waals surface area contributed by atoms with Gasteiger partial charge in [0, 0.05) is 0 Å². The van der Waals surface area contributed by atoms with Crippen molar-refractivity contribution in [3.63, 3.8) is 0 Å². The molecule has 1 rings (SSSR count). The van der Waals surface area contributed by atoms with Gasteiger partial charge in [-0.25, -0.2) is 0 Å². The van der Waals surface area contributed by atoms with Crippen LogP contribution in [-0.4, -0.2) is 9.52 Å². The predicted molar refractivity (Wildman–Crippen MR) is 89.0 cm³/mol. The van der Waals surface area contributed by atoms with Crippen LogP contribution in [0.3, 0.4) is 0 Å². The van der Waals surface area contributed by atoms with Crippen LogP contribution in [0.2, 0.25) is 6.04 Å². The van der Waals surface area contributed by atoms with Gasteiger partial charge < -0.3 is 0 Å². The predicted octanol–water partition coefficient (Wildman–Crippen LogP) is 5.03. The van der Waals surface area contributed by atoms with E-state index in [0.29, 0.717) is 0 Å². The number of rotatable bonds is 8. The quantitative estimate of drug-likeness (QED) is 0.461. The molecule has 1 heteroatoms. The van der Waals surface area contributed by atoms with E-state index in [1.165, 1.54) is 61.3 Å². The fourth-order valence-electron chi connectivity index (χ4n) is 2.67. The molecule has 0 aliphatic carbocycles. The van der Waals surface area contributed by atoms with Gasteiger partial charge in [-0.05, 0) is 44.4 Å². The zero-order chi connectivity index (χ0) is 14.3. The van der Waals surface area contributed by atoms with E-state index in [1.807, 2.05) is 0 Å². The molecule has 0 unspecified atom stereocenters. The van der Waals surface area contributed by atoms with E-state index in [4.69, 9.17) is 0 Å². The van der Waals surface area contributed by atoms with Crippen LogP contribution in [0.5, 0.6) is 0 Å². The Bertz CT molecular complexity index is 393. The summed E-state index contributed by atoms with van der Waals surface area (Å²) in [4.78, 5) is 0. The molecule has 2 radical (unpaired) electrons. The number of hydrogen-bond acceptors (Lipinski definition) is 0. The molecule has 0 saturated carbocycles. The third kappa shape index (κ3) is 5.14. The van der Waals surface area contributed by atoms with Gasteiger partial charge in [-0.15, -0.1) is 0 Å². The zero-order valence-electron chi connectivity index (χ0n) is 13.5. The van der Waals surface area contributed by atoms with Crippen molar-refractivity contribution in [2.24, 2.45) is 0 Å². The SMILES string of the molecule is CCCCCCCC[Si]c1c(C)cc(C)c(C)c1C. The summed E-state index contributed by atoms with van der Waals surface area (Å²) in [5.41, 5.74) is 5.99. The smallest absolute Gasteiger partial charge is 0.0654 e. The Morgan fingerprint density at radius 3 is 2.11 bits per heavy atom. The largest absolute Gasteiger partial charge is 0.0815 e. The van der Waals surface area contributed by atoms with Crippen molar-refractivity contribution in [3.8, 4) is 0 Å². The van der Waals surface area contributed by atoms with Gasteiger partial charge in [-0.3, -0.25) is 0 Å². The second-order valence-electron chi connectivity index (χ2n) is 5.83. The van der Waals surface area contributed by atoms with E-state index in [9.17, 15) is 0 Å². The molecule has 1 aromatic carbocycles. The van der Waals surface area contributed by atoms with E-state index < -0.39 is 0 Å². The van der Waals surface area contributed by atoms with E-state index in [2.05, 4.69) is 40.7 Å². The van der Waals surface area contributed by atoms with Crippen molar-refractivity contribution in [2.45, 2.75) is 79.2 Å². The van der Waals surface area contributed by atoms with Gasteiger partial charge in [0.1, 0.15) is 0 Å². The van der Waals surface area contributed by atoms with Gasteiger partial charge in [0.05, 0.1) is 9.52 Å². The molecule has 0 aliphatic rings. The van der Waals surface area contributed by atoms with Crippen molar-refractivity contribution >= 4 is 14.7 Å². The average molecular weight is 275 g/mol. The highest BCUT2D eigenvalue weighted by atomic mass is 28.2. The molecular formula is C18H30Si. The first-order valence-electron chi connectivity index (χ1n) is 7.89. The monoisotopic (exact) mass is 274 g/mol. The van der Waals surface area contributed by atoms with Crippen LogP contribution >= 0.6 is 0 Å². The minimum atomic E-state index is 1.01. The van der Waals surface area contributed by atoms with E-state index in [1.54, 1.807) is 10.8 Å². The highest BCUT2D eigenvalue weighted by molar-refractivity contribution is 6.54. The number of aryl methyl sites for hydroxylation is 2. The standard InChI is InChI=1S/C18H30Si/c1-6-7-8-9-10-11-12-19-18-15(3)13-14(2)16(4)17(18)5/h13H,6-12H2,1-5H3. The van der Waals surface area contributed by atoms with E-state index in [0.717, 1.165) is 9.52 Å². The van der Waals surface area contributed by atoms with Gasteiger partial charge in [-0.1, -0.05) is 68.3 Å². The van der Waals surface area contributed by atoms with Crippen LogP contribution in [0, 0.1) is 27.7 Å². The second kappa shape index (κ2) is 8.58. The molecule has 0 N–H and O–H groups in total. The lowest BCUT2D eigenvalue weighted by Gasteiger charge is -2.14. The molecule has 0 fully saturated rings. The summed E-state index contributed by atoms with van der Waals surface area (Å²) in [6.07, 6.45) is 8.47. The summed E-state index contributed by atoms with van der Waals surface area (Å²) in [6.45, 7) is 11.4. The van der Waals surface area contributed by atoms with Crippen LogP contribution in [0.15, 0.2) is 6.07 Å². The van der Waals surface area contributed by atoms with Crippen LogP contribution in [0.25, 0.3) is 0 Å². The molecule has 0 amide bonds. The highest BCUT2D eigenvalue weighted by Crippen LogP contribution is 2.14. The Morgan fingerprint density at radius 2 is 1.42 bits per heavy atom. The maximum atomic E-state index is 2.37. The van der Waals surface area contributed by atoms with Gasteiger partial charge >= 0.3 is 0 Å². The molecule has 1 aromatic rings. The fourth-order valence-corrected chi connectivity index (χ4v) is 4.16. The Morgan fingerprint density at radius 1 is 0.789 bits per heavy atom. The third-order valence-corrected chi connectivity index (χ3v) is 5.91. The molecular weight excluding hydrogens is 244 g/mol. The maximum absolute atomic E-state index is 2.37. The van der Waals surface area contributed by atoms with Crippen molar-refractivity contribution in [1.29, 1.82) is 0 Å². The van der Waals surface area contributed by atoms with Crippen molar-refractivity contribution in [2.75, 3.05) is 0 Å². The van der Waals surface area contributed by atoms with Crippen molar-refractivity contribution < 1.29 is 0 Å². The van der Waals surface area contributed by atoms with E-state index in [-0.39, 0.29) is 0 Å². The number of benzene rings is 1. The molecule has 0 nitrogen and oxygen atoms in total. The summed E-state index contributed by atoms with van der Waals surface area (Å²) in [7, 11) is 1.01. The Kier molecular flexibility index (Phi) is 7.44. The number of unbranched alkanes of at least 4 members (excludes halogenated alkanes) is 5. The topological polar surface area (TPSA) is 0 Å². The molecule has 19 heavy (non-hydrogen) atoms. The summed E-state index contributed by atoms with van der Waals surface area (Å²) in [5, 5.41) is 1.64. The Balaban J connectivity index is 2.39. The van der Waals surface area contributed by atoms with Gasteiger partial charge in [0.15, 0.2) is 0 Å². The van der Waals surface area contributed by atoms with Crippen molar-refractivity contribution in [1.82, 2.24) is 0 Å². The zero-order valence-corrected chi connectivity index (χ0v) is 14.5. The summed E-state index contributed by atoms with van der Waals surface area (Å²) in [6, 6.07) is 3.75. The highest BCUT2D eigenvalue weighted by Gasteiger charge is 2.08. The normalized spacial score (nSPS) is 11.0. The van der Waals surface area contributed by atoms with Crippen LogP contribution in [0.4, 0.5) is 0 Å². The summed E-state index contributed by atoms with van der Waals surface area (Å²) < 4.78 is 0. The summed E-state index contributed by atoms with van der Waals surface area (Å²) in [5.74, 6) is 0. The van der Waals surface area contributed by atoms with Crippen LogP contribution in [-0.2, 0) is 0 Å². The van der Waals surface area contributed by atoms with Crippen LogP contribution < -0.4 is 5.19 Å². The molecule has 0 aromatic heterocycles. The molecule has 0 bridgehead atoms. The second-order valence-corrected chi connectivity index (χ2v) is 7.18. The molecule has 0 spiro atoms. The lowest BCUT2D eigenvalue weighted by atomic mass is 10.0. The first kappa shape index (κ1) is 16.5. The average Bonchev–Trinajstić information content (AvgIpc) is 2.38. The summed E-state index contributed by atoms with van der Waals surface area (Å²) >= 11 is 0. The van der Waals surface area contributed by atoms with Crippen molar-refractivity contribution in [3.05, 3.63) is 28.3 Å². The molecule has 106 valence electrons. The maximum Gasteiger partial charge on any atom is 0.0815 e. The molecule has 0 atom stereocenters. The minimum absolute atomic E-state index is 1.01. The van der Waals surface area contributed by atoms with Crippen LogP contribution in [0.1, 0.15) is 67.7 Å². The fraction of sp³-hybridized carbons (Fsp3) is 0.667. The first-order chi connectivity index (χ1) is 9.07. The first-order valence-corrected chi connectivity index (χ1v) is 9.10. The lowest BCUT2D eigenvalue weighted by Crippen LogP contribution is -2.22. The Hall–Kier alpha value is -0.563. The molecule has 0 saturated heterocycles. The third-order valence-electron chi connectivity index (χ3n) is 4.19. The van der Waals surface area contributed by atoms with E-state index >= 15 is 0 Å². The molecule has 0 heterocycles. The van der Waals surface area contributed by atoms with Gasteiger partial charge in [0.25, 0.3) is 0 Å².